The van der Waals surface area contributed by atoms with Gasteiger partial charge in [-0.05, 0) is 153 Å². The lowest BCUT2D eigenvalue weighted by atomic mass is 9.43. The van der Waals surface area contributed by atoms with Crippen molar-refractivity contribution in [1.29, 1.82) is 0 Å². The Hall–Kier alpha value is -5.66. The zero-order chi connectivity index (χ0) is 37.2. The third-order valence-electron chi connectivity index (χ3n) is 15.1. The molecule has 7 aromatic rings. The molecule has 0 N–H and O–H groups in total. The summed E-state index contributed by atoms with van der Waals surface area (Å²) in [5.41, 5.74) is 20.3. The fourth-order valence-electron chi connectivity index (χ4n) is 12.9. The van der Waals surface area contributed by atoms with Crippen LogP contribution in [0.1, 0.15) is 68.2 Å². The van der Waals surface area contributed by atoms with Crippen molar-refractivity contribution in [2.75, 3.05) is 4.90 Å². The van der Waals surface area contributed by atoms with Crippen LogP contribution in [0, 0.1) is 23.7 Å². The number of benzene rings is 7. The summed E-state index contributed by atoms with van der Waals surface area (Å²) in [5.74, 6) is 3.31. The molecule has 13 rings (SSSR count). The number of para-hydroxylation sites is 1. The molecular weight excluding hydrogens is 675 g/mol. The Morgan fingerprint density at radius 2 is 0.946 bits per heavy atom. The van der Waals surface area contributed by atoms with Crippen molar-refractivity contribution in [2.24, 2.45) is 23.7 Å². The topological polar surface area (TPSA) is 3.24 Å². The smallest absolute Gasteiger partial charge is 0.0546 e. The van der Waals surface area contributed by atoms with Gasteiger partial charge in [-0.3, -0.25) is 0 Å². The minimum Gasteiger partial charge on any atom is -0.310 e. The maximum absolute atomic E-state index is 2.66. The van der Waals surface area contributed by atoms with Crippen LogP contribution in [0.3, 0.4) is 0 Å². The van der Waals surface area contributed by atoms with Crippen LogP contribution in [-0.2, 0) is 10.8 Å². The minimum absolute atomic E-state index is 0.0963. The first-order chi connectivity index (χ1) is 27.5. The van der Waals surface area contributed by atoms with Crippen molar-refractivity contribution in [2.45, 2.75) is 56.8 Å². The van der Waals surface area contributed by atoms with Crippen LogP contribution < -0.4 is 4.90 Å². The quantitative estimate of drug-likeness (QED) is 0.171. The molecule has 4 bridgehead atoms. The van der Waals surface area contributed by atoms with Gasteiger partial charge in [0, 0.05) is 27.8 Å². The van der Waals surface area contributed by atoms with Gasteiger partial charge in [-0.25, -0.2) is 0 Å². The summed E-state index contributed by atoms with van der Waals surface area (Å²) >= 11 is 0. The zero-order valence-corrected chi connectivity index (χ0v) is 32.4. The van der Waals surface area contributed by atoms with Gasteiger partial charge >= 0.3 is 0 Å². The Kier molecular flexibility index (Phi) is 6.93. The first kappa shape index (κ1) is 32.6. The van der Waals surface area contributed by atoms with Crippen molar-refractivity contribution in [3.8, 4) is 44.5 Å². The van der Waals surface area contributed by atoms with Gasteiger partial charge in [-0.1, -0.05) is 141 Å². The largest absolute Gasteiger partial charge is 0.310 e. The molecule has 0 heterocycles. The first-order valence-corrected chi connectivity index (χ1v) is 21.0. The van der Waals surface area contributed by atoms with Gasteiger partial charge in [0.25, 0.3) is 0 Å². The number of hydrogen-bond acceptors (Lipinski definition) is 1. The average Bonchev–Trinajstić information content (AvgIpc) is 3.65. The molecule has 1 spiro atoms. The number of rotatable bonds is 5. The Labute approximate surface area is 331 Å². The molecule has 0 amide bonds. The first-order valence-electron chi connectivity index (χ1n) is 21.0. The van der Waals surface area contributed by atoms with E-state index in [0.29, 0.717) is 0 Å². The van der Waals surface area contributed by atoms with Crippen molar-refractivity contribution < 1.29 is 0 Å². The second-order valence-corrected chi connectivity index (χ2v) is 18.1. The summed E-state index contributed by atoms with van der Waals surface area (Å²) < 4.78 is 0. The Morgan fingerprint density at radius 3 is 1.68 bits per heavy atom. The van der Waals surface area contributed by atoms with E-state index in [1.165, 1.54) is 105 Å². The summed E-state index contributed by atoms with van der Waals surface area (Å²) in [6.45, 7) is 4.77. The van der Waals surface area contributed by atoms with E-state index in [9.17, 15) is 0 Å². The van der Waals surface area contributed by atoms with Crippen LogP contribution >= 0.6 is 0 Å². The molecule has 0 saturated heterocycles. The van der Waals surface area contributed by atoms with Crippen LogP contribution in [0.15, 0.2) is 164 Å². The van der Waals surface area contributed by atoms with Crippen LogP contribution in [0.2, 0.25) is 0 Å². The maximum Gasteiger partial charge on any atom is 0.0546 e. The second kappa shape index (κ2) is 11.9. The normalized spacial score (nSPS) is 24.1. The molecule has 0 atom stereocenters. The molecule has 0 unspecified atom stereocenters. The van der Waals surface area contributed by atoms with Crippen molar-refractivity contribution in [3.63, 3.8) is 0 Å². The van der Waals surface area contributed by atoms with E-state index in [-0.39, 0.29) is 10.8 Å². The summed E-state index contributed by atoms with van der Waals surface area (Å²) in [4.78, 5) is 2.53. The highest BCUT2D eigenvalue weighted by atomic mass is 15.1. The van der Waals surface area contributed by atoms with Gasteiger partial charge in [0.05, 0.1) is 5.69 Å². The van der Waals surface area contributed by atoms with Crippen LogP contribution in [0.25, 0.3) is 44.5 Å². The van der Waals surface area contributed by atoms with Gasteiger partial charge in [0.15, 0.2) is 0 Å². The standard InChI is InChI=1S/C55H47N/c1-54(2)49-19-11-9-17-45(49)47-26-23-43(34-51(47)54)56(42-15-7-4-8-16-42)53-33-38(37-13-5-3-6-14-37)21-24-44(53)39-22-25-48-46-18-10-12-20-50(46)55(52(48)32-39)40-28-35-27-36(30-40)31-41(55)29-35/h3-26,32-36,40-41H,27-31H2,1-2H3. The summed E-state index contributed by atoms with van der Waals surface area (Å²) in [6.07, 6.45) is 7.03. The summed E-state index contributed by atoms with van der Waals surface area (Å²) in [7, 11) is 0. The molecule has 0 aliphatic heterocycles. The molecule has 0 radical (unpaired) electrons. The monoisotopic (exact) mass is 721 g/mol. The molecule has 0 aromatic heterocycles. The van der Waals surface area contributed by atoms with E-state index in [1.807, 2.05) is 0 Å². The third-order valence-corrected chi connectivity index (χ3v) is 15.1. The molecule has 272 valence electrons. The number of anilines is 3. The maximum atomic E-state index is 2.66. The van der Waals surface area contributed by atoms with Gasteiger partial charge in [-0.15, -0.1) is 0 Å². The predicted molar refractivity (Wildman–Crippen MR) is 233 cm³/mol. The van der Waals surface area contributed by atoms with E-state index in [1.54, 1.807) is 11.1 Å². The van der Waals surface area contributed by atoms with E-state index in [0.717, 1.165) is 23.7 Å². The highest BCUT2D eigenvalue weighted by Crippen LogP contribution is 2.69. The second-order valence-electron chi connectivity index (χ2n) is 18.1. The van der Waals surface area contributed by atoms with Gasteiger partial charge in [0.2, 0.25) is 0 Å². The van der Waals surface area contributed by atoms with E-state index in [4.69, 9.17) is 0 Å². The van der Waals surface area contributed by atoms with Crippen molar-refractivity contribution >= 4 is 17.1 Å². The lowest BCUT2D eigenvalue weighted by Crippen LogP contribution is -2.55. The Morgan fingerprint density at radius 1 is 0.393 bits per heavy atom. The van der Waals surface area contributed by atoms with E-state index < -0.39 is 0 Å². The van der Waals surface area contributed by atoms with Crippen LogP contribution in [0.5, 0.6) is 0 Å². The number of hydrogen-bond donors (Lipinski definition) is 0. The summed E-state index contributed by atoms with van der Waals surface area (Å²) in [6, 6.07) is 62.4. The lowest BCUT2D eigenvalue weighted by molar-refractivity contribution is -0.0399. The molecule has 7 aromatic carbocycles. The van der Waals surface area contributed by atoms with Crippen LogP contribution in [0.4, 0.5) is 17.1 Å². The van der Waals surface area contributed by atoms with Gasteiger partial charge in [-0.2, -0.15) is 0 Å². The SMILES string of the molecule is CC1(C)c2ccccc2-c2ccc(N(c3ccccc3)c3cc(-c4ccccc4)ccc3-c3ccc4c(c3)C3(c5ccccc5-4)C4CC5CC(C4)CC3C5)cc21. The Balaban J connectivity index is 1.08. The molecule has 6 aliphatic carbocycles. The van der Waals surface area contributed by atoms with E-state index >= 15 is 0 Å². The van der Waals surface area contributed by atoms with Crippen LogP contribution in [-0.4, -0.2) is 0 Å². The third kappa shape index (κ3) is 4.49. The zero-order valence-electron chi connectivity index (χ0n) is 32.4. The predicted octanol–water partition coefficient (Wildman–Crippen LogP) is 14.5. The average molecular weight is 722 g/mol. The molecule has 56 heavy (non-hydrogen) atoms. The minimum atomic E-state index is -0.0963. The Bertz CT molecular complexity index is 2660. The lowest BCUT2D eigenvalue weighted by Gasteiger charge is -2.61. The molecule has 1 heteroatoms. The summed E-state index contributed by atoms with van der Waals surface area (Å²) in [5, 5.41) is 0. The fraction of sp³-hybridized carbons (Fsp3) is 0.236. The van der Waals surface area contributed by atoms with Gasteiger partial charge < -0.3 is 4.90 Å². The molecule has 1 nitrogen and oxygen atoms in total. The van der Waals surface area contributed by atoms with Crippen molar-refractivity contribution in [3.05, 3.63) is 186 Å². The number of fused-ring (bicyclic) bond motifs is 6. The highest BCUT2D eigenvalue weighted by molar-refractivity contribution is 5.94. The van der Waals surface area contributed by atoms with Crippen molar-refractivity contribution in [1.82, 2.24) is 0 Å². The molecule has 6 aliphatic rings. The fourth-order valence-corrected chi connectivity index (χ4v) is 12.9. The van der Waals surface area contributed by atoms with E-state index in [2.05, 4.69) is 183 Å². The molecule has 4 fully saturated rings. The number of nitrogens with zero attached hydrogens (tertiary/aromatic N) is 1. The van der Waals surface area contributed by atoms with Gasteiger partial charge in [0.1, 0.15) is 0 Å². The molecule has 4 saturated carbocycles. The molecular formula is C55H47N. The highest BCUT2D eigenvalue weighted by Gasteiger charge is 2.61.